The van der Waals surface area contributed by atoms with E-state index in [4.69, 9.17) is 14.6 Å². The van der Waals surface area contributed by atoms with Crippen molar-refractivity contribution in [1.82, 2.24) is 10.2 Å². The monoisotopic (exact) mass is 602 g/mol. The van der Waals surface area contributed by atoms with Crippen LogP contribution in [0.5, 0.6) is 5.75 Å². The summed E-state index contributed by atoms with van der Waals surface area (Å²) in [6.45, 7) is 2.73. The molecule has 3 unspecified atom stereocenters. The molecule has 0 saturated heterocycles. The van der Waals surface area contributed by atoms with E-state index in [0.717, 1.165) is 35.7 Å². The van der Waals surface area contributed by atoms with Crippen molar-refractivity contribution in [1.29, 1.82) is 0 Å². The minimum Gasteiger partial charge on any atom is -0.482 e. The van der Waals surface area contributed by atoms with Gasteiger partial charge >= 0.3 is 0 Å². The van der Waals surface area contributed by atoms with Crippen LogP contribution in [0.15, 0.2) is 35.9 Å². The summed E-state index contributed by atoms with van der Waals surface area (Å²) in [7, 11) is 1.57. The summed E-state index contributed by atoms with van der Waals surface area (Å²) in [6, 6.07) is 6.80. The number of unbranched alkanes of at least 4 members (excludes halogenated alkanes) is 4. The molecule has 2 amide bonds. The van der Waals surface area contributed by atoms with Crippen LogP contribution in [-0.2, 0) is 14.3 Å². The summed E-state index contributed by atoms with van der Waals surface area (Å²) in [4.78, 5) is 27.7. The van der Waals surface area contributed by atoms with Crippen molar-refractivity contribution >= 4 is 34.4 Å². The maximum atomic E-state index is 13.3. The average Bonchev–Trinajstić information content (AvgIpc) is 2.85. The zero-order chi connectivity index (χ0) is 25.6. The zero-order valence-corrected chi connectivity index (χ0v) is 22.9. The fourth-order valence-electron chi connectivity index (χ4n) is 4.15. The number of rotatable bonds is 15. The Kier molecular flexibility index (Phi) is 13.6. The molecule has 0 radical (unpaired) electrons. The van der Waals surface area contributed by atoms with E-state index < -0.39 is 18.2 Å². The molecule has 0 aliphatic heterocycles. The molecule has 1 aliphatic rings. The van der Waals surface area contributed by atoms with E-state index in [-0.39, 0.29) is 31.4 Å². The quantitative estimate of drug-likeness (QED) is 0.211. The van der Waals surface area contributed by atoms with Crippen LogP contribution in [0.2, 0.25) is 0 Å². The van der Waals surface area contributed by atoms with Gasteiger partial charge in [0.2, 0.25) is 11.8 Å². The fraction of sp³-hybridized carbons (Fsp3) is 0.615. The van der Waals surface area contributed by atoms with Crippen LogP contribution in [0.3, 0.4) is 0 Å². The van der Waals surface area contributed by atoms with E-state index >= 15 is 0 Å². The number of carbonyl (C=O) groups excluding carboxylic acids is 2. The van der Waals surface area contributed by atoms with Crippen LogP contribution < -0.4 is 10.1 Å². The standard InChI is InChI=1S/C26H39IN2O6/c1-3-4-5-6-7-12-24(31)29(14-16-34-2)21-17-19(26(33)28-13-15-30)18-23(25(21)32)35-22-11-9-8-10-20(22)27/h8-11,18,21,23,25,30,32H,3-7,12-17H2,1-2H3,(H,28,33). The molecule has 1 aromatic rings. The van der Waals surface area contributed by atoms with Gasteiger partial charge in [0, 0.05) is 38.6 Å². The number of hydrogen-bond acceptors (Lipinski definition) is 6. The van der Waals surface area contributed by atoms with Gasteiger partial charge < -0.3 is 29.9 Å². The molecule has 3 atom stereocenters. The molecule has 0 spiro atoms. The molecule has 0 fully saturated rings. The van der Waals surface area contributed by atoms with E-state index in [1.165, 1.54) is 0 Å². The van der Waals surface area contributed by atoms with Crippen molar-refractivity contribution in [2.24, 2.45) is 0 Å². The second-order valence-electron chi connectivity index (χ2n) is 8.69. The molecule has 0 heterocycles. The number of para-hydroxylation sites is 1. The minimum atomic E-state index is -1.03. The molecule has 3 N–H and O–H groups in total. The Hall–Kier alpha value is -1.69. The first kappa shape index (κ1) is 29.5. The minimum absolute atomic E-state index is 0.0624. The lowest BCUT2D eigenvalue weighted by atomic mass is 9.88. The molecule has 0 saturated carbocycles. The first-order valence-electron chi connectivity index (χ1n) is 12.4. The van der Waals surface area contributed by atoms with Gasteiger partial charge in [0.25, 0.3) is 0 Å². The second-order valence-corrected chi connectivity index (χ2v) is 9.85. The largest absolute Gasteiger partial charge is 0.482 e. The van der Waals surface area contributed by atoms with Crippen LogP contribution in [-0.4, -0.2) is 78.6 Å². The number of hydrogen-bond donors (Lipinski definition) is 3. The maximum absolute atomic E-state index is 13.3. The predicted molar refractivity (Wildman–Crippen MR) is 143 cm³/mol. The smallest absolute Gasteiger partial charge is 0.247 e. The highest BCUT2D eigenvalue weighted by molar-refractivity contribution is 14.1. The van der Waals surface area contributed by atoms with E-state index in [1.807, 2.05) is 24.3 Å². The van der Waals surface area contributed by atoms with Gasteiger partial charge in [0.05, 0.1) is 22.8 Å². The number of halogens is 1. The highest BCUT2D eigenvalue weighted by Gasteiger charge is 2.40. The van der Waals surface area contributed by atoms with Gasteiger partial charge in [-0.05, 0) is 47.2 Å². The van der Waals surface area contributed by atoms with Crippen LogP contribution in [0, 0.1) is 3.57 Å². The van der Waals surface area contributed by atoms with Crippen LogP contribution in [0.1, 0.15) is 51.9 Å². The Bertz CT molecular complexity index is 834. The zero-order valence-electron chi connectivity index (χ0n) is 20.7. The number of aliphatic hydroxyl groups excluding tert-OH is 2. The van der Waals surface area contributed by atoms with Crippen molar-refractivity contribution in [2.45, 2.75) is 70.1 Å². The average molecular weight is 603 g/mol. The van der Waals surface area contributed by atoms with E-state index in [1.54, 1.807) is 18.1 Å². The number of methoxy groups -OCH3 is 1. The first-order chi connectivity index (χ1) is 16.9. The van der Waals surface area contributed by atoms with Crippen LogP contribution in [0.25, 0.3) is 0 Å². The van der Waals surface area contributed by atoms with E-state index in [9.17, 15) is 14.7 Å². The number of ether oxygens (including phenoxy) is 2. The van der Waals surface area contributed by atoms with Crippen molar-refractivity contribution < 1.29 is 29.3 Å². The third-order valence-electron chi connectivity index (χ3n) is 6.07. The Morgan fingerprint density at radius 2 is 1.94 bits per heavy atom. The van der Waals surface area contributed by atoms with Crippen molar-refractivity contribution in [3.8, 4) is 5.75 Å². The first-order valence-corrected chi connectivity index (χ1v) is 13.5. The van der Waals surface area contributed by atoms with Crippen LogP contribution >= 0.6 is 22.6 Å². The highest BCUT2D eigenvalue weighted by atomic mass is 127. The third-order valence-corrected chi connectivity index (χ3v) is 6.96. The number of nitrogens with zero attached hydrogens (tertiary/aromatic N) is 1. The van der Waals surface area contributed by atoms with Gasteiger partial charge in [-0.25, -0.2) is 0 Å². The van der Waals surface area contributed by atoms with Crippen molar-refractivity contribution in [3.63, 3.8) is 0 Å². The molecule has 1 aliphatic carbocycles. The molecule has 2 rings (SSSR count). The molecule has 35 heavy (non-hydrogen) atoms. The number of carbonyl (C=O) groups is 2. The number of benzene rings is 1. The fourth-order valence-corrected chi connectivity index (χ4v) is 4.67. The summed E-state index contributed by atoms with van der Waals surface area (Å²) in [5, 5.41) is 23.1. The van der Waals surface area contributed by atoms with Gasteiger partial charge in [0.15, 0.2) is 0 Å². The molecule has 0 bridgehead atoms. The van der Waals surface area contributed by atoms with Gasteiger partial charge in [-0.2, -0.15) is 0 Å². The Morgan fingerprint density at radius 1 is 1.20 bits per heavy atom. The summed E-state index contributed by atoms with van der Waals surface area (Å²) >= 11 is 2.16. The van der Waals surface area contributed by atoms with Crippen molar-refractivity contribution in [3.05, 3.63) is 39.5 Å². The van der Waals surface area contributed by atoms with Gasteiger partial charge in [-0.1, -0.05) is 44.7 Å². The Morgan fingerprint density at radius 3 is 2.63 bits per heavy atom. The maximum Gasteiger partial charge on any atom is 0.247 e. The summed E-state index contributed by atoms with van der Waals surface area (Å²) in [5.41, 5.74) is 0.419. The lowest BCUT2D eigenvalue weighted by Crippen LogP contribution is -2.55. The number of aliphatic hydroxyl groups is 2. The summed E-state index contributed by atoms with van der Waals surface area (Å²) in [6.07, 6.45) is 5.50. The lowest BCUT2D eigenvalue weighted by molar-refractivity contribution is -0.139. The van der Waals surface area contributed by atoms with E-state index in [0.29, 0.717) is 30.9 Å². The van der Waals surface area contributed by atoms with Gasteiger partial charge in [-0.3, -0.25) is 9.59 Å². The summed E-state index contributed by atoms with van der Waals surface area (Å²) in [5.74, 6) is 0.188. The highest BCUT2D eigenvalue weighted by Crippen LogP contribution is 2.30. The Labute approximate surface area is 222 Å². The van der Waals surface area contributed by atoms with Crippen molar-refractivity contribution in [2.75, 3.05) is 33.4 Å². The SMILES string of the molecule is CCCCCCCC(=O)N(CCOC)C1CC(C(=O)NCCO)=CC(Oc2ccccc2I)C1O. The molecule has 8 nitrogen and oxygen atoms in total. The molecule has 1 aromatic carbocycles. The predicted octanol–water partition coefficient (Wildman–Crippen LogP) is 3.04. The second kappa shape index (κ2) is 16.1. The topological polar surface area (TPSA) is 108 Å². The number of nitrogens with one attached hydrogen (secondary N) is 1. The third kappa shape index (κ3) is 9.36. The van der Waals surface area contributed by atoms with Gasteiger partial charge in [-0.15, -0.1) is 0 Å². The lowest BCUT2D eigenvalue weighted by Gasteiger charge is -2.40. The Balaban J connectivity index is 2.27. The molecule has 0 aromatic heterocycles. The molecule has 9 heteroatoms. The summed E-state index contributed by atoms with van der Waals surface area (Å²) < 4.78 is 12.3. The molecular weight excluding hydrogens is 563 g/mol. The van der Waals surface area contributed by atoms with E-state index in [2.05, 4.69) is 34.8 Å². The van der Waals surface area contributed by atoms with Gasteiger partial charge in [0.1, 0.15) is 18.0 Å². The van der Waals surface area contributed by atoms with Crippen LogP contribution in [0.4, 0.5) is 0 Å². The normalized spacial score (nSPS) is 19.7. The number of amides is 2. The molecule has 196 valence electrons. The molecular formula is C26H39IN2O6.